The van der Waals surface area contributed by atoms with Crippen molar-refractivity contribution in [1.82, 2.24) is 0 Å². The first kappa shape index (κ1) is 20.4. The van der Waals surface area contributed by atoms with Crippen molar-refractivity contribution in [3.05, 3.63) is 29.3 Å². The Morgan fingerprint density at radius 1 is 1.07 bits per heavy atom. The maximum atomic E-state index is 15.2. The van der Waals surface area contributed by atoms with E-state index in [2.05, 4.69) is 0 Å². The molecule has 0 aliphatic heterocycles. The minimum Gasteiger partial charge on any atom is -0.491 e. The Balaban J connectivity index is 1.89. The van der Waals surface area contributed by atoms with E-state index in [1.807, 2.05) is 6.92 Å². The first-order valence-electron chi connectivity index (χ1n) is 9.93. The van der Waals surface area contributed by atoms with Crippen LogP contribution in [0.1, 0.15) is 63.9 Å². The summed E-state index contributed by atoms with van der Waals surface area (Å²) in [6.45, 7) is 3.77. The Labute approximate surface area is 157 Å². The van der Waals surface area contributed by atoms with Crippen LogP contribution < -0.4 is 4.74 Å². The van der Waals surface area contributed by atoms with Gasteiger partial charge in [-0.2, -0.15) is 4.39 Å². The third-order valence-corrected chi connectivity index (χ3v) is 6.30. The van der Waals surface area contributed by atoms with E-state index in [0.29, 0.717) is 6.42 Å². The number of ether oxygens (including phenoxy) is 1. The molecule has 1 nitrogen and oxygen atoms in total. The number of fused-ring (bicyclic) bond motifs is 1. The molecule has 2 aliphatic rings. The van der Waals surface area contributed by atoms with Crippen molar-refractivity contribution in [2.75, 3.05) is 6.61 Å². The fourth-order valence-electron chi connectivity index (χ4n) is 5.11. The summed E-state index contributed by atoms with van der Waals surface area (Å²) in [6, 6.07) is 2.35. The van der Waals surface area contributed by atoms with Gasteiger partial charge in [-0.15, -0.1) is 0 Å². The highest BCUT2D eigenvalue weighted by Gasteiger charge is 2.61. The normalized spacial score (nSPS) is 32.8. The maximum absolute atomic E-state index is 15.2. The zero-order valence-corrected chi connectivity index (χ0v) is 15.8. The standard InChI is InChI=1S/C21H27F5O/c1-3-5-12-6-7-13-11-15(21(25,26)18(13)16(22)10-12)14-8-9-17(27-4-2)20(24)19(14)23/h8-9,12-13,15-16,18H,3-7,10-11H2,1-2H3. The molecule has 2 saturated carbocycles. The van der Waals surface area contributed by atoms with E-state index in [-0.39, 0.29) is 36.7 Å². The molecule has 5 atom stereocenters. The van der Waals surface area contributed by atoms with Crippen LogP contribution in [0.2, 0.25) is 0 Å². The molecule has 0 N–H and O–H groups in total. The van der Waals surface area contributed by atoms with Crippen molar-refractivity contribution in [2.24, 2.45) is 17.8 Å². The largest absolute Gasteiger partial charge is 0.491 e. The van der Waals surface area contributed by atoms with Crippen LogP contribution in [0.4, 0.5) is 22.0 Å². The van der Waals surface area contributed by atoms with Gasteiger partial charge in [-0.1, -0.05) is 32.3 Å². The minimum atomic E-state index is -3.40. The van der Waals surface area contributed by atoms with E-state index >= 15 is 8.78 Å². The number of hydrogen-bond donors (Lipinski definition) is 0. The third-order valence-electron chi connectivity index (χ3n) is 6.30. The molecule has 1 aromatic carbocycles. The van der Waals surface area contributed by atoms with Crippen LogP contribution in [-0.4, -0.2) is 18.7 Å². The van der Waals surface area contributed by atoms with Crippen LogP contribution in [0, 0.1) is 29.4 Å². The van der Waals surface area contributed by atoms with Crippen molar-refractivity contribution in [3.63, 3.8) is 0 Å². The molecule has 2 fully saturated rings. The van der Waals surface area contributed by atoms with Gasteiger partial charge in [-0.05, 0) is 44.1 Å². The zero-order chi connectivity index (χ0) is 19.8. The molecule has 0 saturated heterocycles. The Kier molecular flexibility index (Phi) is 6.02. The molecule has 0 heterocycles. The second-order valence-corrected chi connectivity index (χ2v) is 7.95. The molecular weight excluding hydrogens is 363 g/mol. The fourth-order valence-corrected chi connectivity index (χ4v) is 5.11. The van der Waals surface area contributed by atoms with Crippen LogP contribution in [0.5, 0.6) is 5.75 Å². The molecule has 5 unspecified atom stereocenters. The summed E-state index contributed by atoms with van der Waals surface area (Å²) in [5.74, 6) is -9.54. The van der Waals surface area contributed by atoms with E-state index in [4.69, 9.17) is 4.74 Å². The van der Waals surface area contributed by atoms with Gasteiger partial charge in [0.1, 0.15) is 6.17 Å². The van der Waals surface area contributed by atoms with E-state index in [9.17, 15) is 13.2 Å². The van der Waals surface area contributed by atoms with Gasteiger partial charge in [0.15, 0.2) is 11.6 Å². The average Bonchev–Trinajstić information content (AvgIpc) is 2.76. The molecule has 0 aromatic heterocycles. The lowest BCUT2D eigenvalue weighted by atomic mass is 9.86. The van der Waals surface area contributed by atoms with Crippen LogP contribution in [0.15, 0.2) is 12.1 Å². The molecule has 3 rings (SSSR count). The molecule has 27 heavy (non-hydrogen) atoms. The first-order valence-corrected chi connectivity index (χ1v) is 9.93. The number of benzene rings is 1. The summed E-state index contributed by atoms with van der Waals surface area (Å²) in [5, 5.41) is 0. The van der Waals surface area contributed by atoms with Crippen molar-refractivity contribution >= 4 is 0 Å². The number of alkyl halides is 3. The number of halogens is 5. The topological polar surface area (TPSA) is 9.23 Å². The number of rotatable bonds is 5. The predicted octanol–water partition coefficient (Wildman–Crippen LogP) is 6.66. The van der Waals surface area contributed by atoms with Gasteiger partial charge in [-0.25, -0.2) is 17.6 Å². The van der Waals surface area contributed by atoms with E-state index in [1.54, 1.807) is 6.92 Å². The lowest BCUT2D eigenvalue weighted by molar-refractivity contribution is -0.0875. The highest BCUT2D eigenvalue weighted by atomic mass is 19.3. The Bertz CT molecular complexity index is 662. The molecule has 0 spiro atoms. The third kappa shape index (κ3) is 3.68. The average molecular weight is 390 g/mol. The second-order valence-electron chi connectivity index (χ2n) is 7.95. The summed E-state index contributed by atoms with van der Waals surface area (Å²) >= 11 is 0. The summed E-state index contributed by atoms with van der Waals surface area (Å²) in [6.07, 6.45) is 1.50. The van der Waals surface area contributed by atoms with Crippen LogP contribution >= 0.6 is 0 Å². The SMILES string of the molecule is CCCC1CCC2CC(c3ccc(OCC)c(F)c3F)C(F)(F)C2C(F)C1. The first-order chi connectivity index (χ1) is 12.8. The zero-order valence-electron chi connectivity index (χ0n) is 15.8. The quantitative estimate of drug-likeness (QED) is 0.511. The van der Waals surface area contributed by atoms with Crippen LogP contribution in [-0.2, 0) is 0 Å². The van der Waals surface area contributed by atoms with Gasteiger partial charge < -0.3 is 4.74 Å². The molecule has 152 valence electrons. The van der Waals surface area contributed by atoms with Crippen molar-refractivity contribution in [1.29, 1.82) is 0 Å². The maximum Gasteiger partial charge on any atom is 0.260 e. The van der Waals surface area contributed by atoms with Crippen LogP contribution in [0.3, 0.4) is 0 Å². The molecular formula is C21H27F5O. The van der Waals surface area contributed by atoms with Crippen molar-refractivity contribution in [3.8, 4) is 5.75 Å². The van der Waals surface area contributed by atoms with Gasteiger partial charge >= 0.3 is 0 Å². The second kappa shape index (κ2) is 7.96. The lowest BCUT2D eigenvalue weighted by Crippen LogP contribution is -2.36. The smallest absolute Gasteiger partial charge is 0.260 e. The van der Waals surface area contributed by atoms with E-state index < -0.39 is 41.5 Å². The minimum absolute atomic E-state index is 0.0126. The number of hydrogen-bond acceptors (Lipinski definition) is 1. The van der Waals surface area contributed by atoms with Gasteiger partial charge in [-0.3, -0.25) is 0 Å². The molecule has 0 amide bonds. The van der Waals surface area contributed by atoms with Gasteiger partial charge in [0.2, 0.25) is 5.82 Å². The predicted molar refractivity (Wildman–Crippen MR) is 94.0 cm³/mol. The summed E-state index contributed by atoms with van der Waals surface area (Å²) in [4.78, 5) is 0. The van der Waals surface area contributed by atoms with Crippen molar-refractivity contribution < 1.29 is 26.7 Å². The molecule has 6 heteroatoms. The van der Waals surface area contributed by atoms with Gasteiger partial charge in [0.25, 0.3) is 5.92 Å². The monoisotopic (exact) mass is 390 g/mol. The van der Waals surface area contributed by atoms with Gasteiger partial charge in [0.05, 0.1) is 18.4 Å². The van der Waals surface area contributed by atoms with Crippen molar-refractivity contribution in [2.45, 2.75) is 70.4 Å². The summed E-state index contributed by atoms with van der Waals surface area (Å²) < 4.78 is 78.9. The highest BCUT2D eigenvalue weighted by molar-refractivity contribution is 5.35. The van der Waals surface area contributed by atoms with E-state index in [0.717, 1.165) is 19.3 Å². The molecule has 2 aliphatic carbocycles. The molecule has 0 radical (unpaired) electrons. The fraction of sp³-hybridized carbons (Fsp3) is 0.714. The highest BCUT2D eigenvalue weighted by Crippen LogP contribution is 2.59. The molecule has 1 aromatic rings. The van der Waals surface area contributed by atoms with Crippen LogP contribution in [0.25, 0.3) is 0 Å². The lowest BCUT2D eigenvalue weighted by Gasteiger charge is -2.29. The summed E-state index contributed by atoms with van der Waals surface area (Å²) in [5.41, 5.74) is -0.369. The Morgan fingerprint density at radius 3 is 2.48 bits per heavy atom. The Morgan fingerprint density at radius 2 is 1.81 bits per heavy atom. The van der Waals surface area contributed by atoms with E-state index in [1.165, 1.54) is 12.1 Å². The molecule has 0 bridgehead atoms. The Hall–Kier alpha value is -1.33. The van der Waals surface area contributed by atoms with Gasteiger partial charge in [0, 0.05) is 5.56 Å². The summed E-state index contributed by atoms with van der Waals surface area (Å²) in [7, 11) is 0.